The minimum absolute atomic E-state index is 0.0535. The van der Waals surface area contributed by atoms with Crippen LogP contribution in [0.4, 0.5) is 0 Å². The number of hydrogen-bond donors (Lipinski definition) is 1. The third kappa shape index (κ3) is 6.12. The molecule has 1 aromatic rings. The summed E-state index contributed by atoms with van der Waals surface area (Å²) in [5, 5.41) is 0. The van der Waals surface area contributed by atoms with Crippen LogP contribution in [0, 0.1) is 6.92 Å². The lowest BCUT2D eigenvalue weighted by atomic mass is 10.1. The summed E-state index contributed by atoms with van der Waals surface area (Å²) >= 11 is 0. The molecule has 1 aromatic carbocycles. The Balaban J connectivity index is 1.67. The summed E-state index contributed by atoms with van der Waals surface area (Å²) in [7, 11) is -0.910. The predicted molar refractivity (Wildman–Crippen MR) is 113 cm³/mol. The monoisotopic (exact) mass is 451 g/mol. The molecule has 2 N–H and O–H groups in total. The lowest BCUT2D eigenvalue weighted by Crippen LogP contribution is -2.45. The van der Waals surface area contributed by atoms with Crippen molar-refractivity contribution in [3.63, 3.8) is 0 Å². The number of rotatable bonds is 9. The number of ether oxygens (including phenoxy) is 3. The lowest BCUT2D eigenvalue weighted by Gasteiger charge is -2.31. The van der Waals surface area contributed by atoms with E-state index in [2.05, 4.69) is 0 Å². The third-order valence-corrected chi connectivity index (χ3v) is 5.57. The summed E-state index contributed by atoms with van der Waals surface area (Å²) in [6.45, 7) is 5.45. The van der Waals surface area contributed by atoms with Crippen LogP contribution >= 0.6 is 8.25 Å². The number of aryl methyl sites for hydroxylation is 1. The molecule has 1 amide bonds. The van der Waals surface area contributed by atoms with Crippen molar-refractivity contribution in [3.8, 4) is 5.75 Å². The topological polar surface area (TPSA) is 110 Å². The van der Waals surface area contributed by atoms with E-state index in [1.54, 1.807) is 43.3 Å². The Morgan fingerprint density at radius 3 is 2.68 bits per heavy atom. The van der Waals surface area contributed by atoms with Gasteiger partial charge in [0.15, 0.2) is 17.8 Å². The molecule has 9 nitrogen and oxygen atoms in total. The molecule has 2 aliphatic heterocycles. The SMILES string of the molecule is COC(CO[P+](=O)Oc1ccc(C)cc1)[C@H]1OC(C)(C)O[C@H]1N1C=CCC(C(N)=O)=C1. The molecule has 0 spiro atoms. The number of carbonyl (C=O) groups excluding carboxylic acids is 1. The maximum absolute atomic E-state index is 12.3. The van der Waals surface area contributed by atoms with Gasteiger partial charge >= 0.3 is 8.25 Å². The summed E-state index contributed by atoms with van der Waals surface area (Å²) < 4.78 is 40.6. The van der Waals surface area contributed by atoms with Gasteiger partial charge in [0.1, 0.15) is 18.8 Å². The first-order chi connectivity index (χ1) is 14.7. The first-order valence-electron chi connectivity index (χ1n) is 9.86. The van der Waals surface area contributed by atoms with E-state index in [1.165, 1.54) is 7.11 Å². The van der Waals surface area contributed by atoms with Gasteiger partial charge in [-0.3, -0.25) is 4.79 Å². The zero-order valence-electron chi connectivity index (χ0n) is 18.0. The molecule has 2 aliphatic rings. The molecule has 168 valence electrons. The smallest absolute Gasteiger partial charge is 0.376 e. The Hall–Kier alpha value is -2.29. The molecular weight excluding hydrogens is 423 g/mol. The molecule has 2 heterocycles. The van der Waals surface area contributed by atoms with Crippen LogP contribution in [0.2, 0.25) is 0 Å². The first-order valence-corrected chi connectivity index (χ1v) is 11.0. The van der Waals surface area contributed by atoms with Crippen LogP contribution in [0.3, 0.4) is 0 Å². The average Bonchev–Trinajstić information content (AvgIpc) is 3.05. The second-order valence-corrected chi connectivity index (χ2v) is 8.63. The normalized spacial score (nSPS) is 23.9. The van der Waals surface area contributed by atoms with Gasteiger partial charge in [-0.25, -0.2) is 4.52 Å². The van der Waals surface area contributed by atoms with E-state index < -0.39 is 38.4 Å². The Morgan fingerprint density at radius 1 is 1.32 bits per heavy atom. The Morgan fingerprint density at radius 2 is 2.03 bits per heavy atom. The second kappa shape index (κ2) is 9.89. The molecule has 0 bridgehead atoms. The van der Waals surface area contributed by atoms with Crippen molar-refractivity contribution in [1.29, 1.82) is 0 Å². The fourth-order valence-corrected chi connectivity index (χ4v) is 3.92. The molecule has 2 unspecified atom stereocenters. The summed E-state index contributed by atoms with van der Waals surface area (Å²) in [6.07, 6.45) is 3.87. The van der Waals surface area contributed by atoms with Crippen LogP contribution in [0.1, 0.15) is 25.8 Å². The van der Waals surface area contributed by atoms with Crippen molar-refractivity contribution < 1.29 is 32.6 Å². The van der Waals surface area contributed by atoms with E-state index in [0.717, 1.165) is 5.56 Å². The number of allylic oxidation sites excluding steroid dienone is 1. The van der Waals surface area contributed by atoms with E-state index in [4.69, 9.17) is 29.0 Å². The van der Waals surface area contributed by atoms with Gasteiger partial charge in [-0.2, -0.15) is 0 Å². The van der Waals surface area contributed by atoms with Gasteiger partial charge in [-0.05, 0) is 39.3 Å². The quantitative estimate of drug-likeness (QED) is 0.571. The van der Waals surface area contributed by atoms with Crippen LogP contribution in [0.5, 0.6) is 5.75 Å². The molecule has 31 heavy (non-hydrogen) atoms. The molecule has 0 aromatic heterocycles. The van der Waals surface area contributed by atoms with E-state index in [9.17, 15) is 9.36 Å². The Bertz CT molecular complexity index is 869. The third-order valence-electron chi connectivity index (χ3n) is 4.85. The van der Waals surface area contributed by atoms with Gasteiger partial charge in [0.05, 0.1) is 0 Å². The molecule has 10 heteroatoms. The summed E-state index contributed by atoms with van der Waals surface area (Å²) in [5.74, 6) is -0.956. The molecule has 0 radical (unpaired) electrons. The minimum atomic E-state index is -2.41. The molecule has 1 saturated heterocycles. The zero-order valence-corrected chi connectivity index (χ0v) is 18.9. The highest BCUT2D eigenvalue weighted by molar-refractivity contribution is 7.33. The molecule has 4 atom stereocenters. The highest BCUT2D eigenvalue weighted by Gasteiger charge is 2.48. The van der Waals surface area contributed by atoms with E-state index >= 15 is 0 Å². The number of benzene rings is 1. The summed E-state index contributed by atoms with van der Waals surface area (Å²) in [6, 6.07) is 7.15. The molecule has 0 saturated carbocycles. The van der Waals surface area contributed by atoms with Gasteiger partial charge in [-0.15, -0.1) is 4.52 Å². The van der Waals surface area contributed by atoms with Crippen LogP contribution in [0.15, 0.2) is 48.3 Å². The summed E-state index contributed by atoms with van der Waals surface area (Å²) in [4.78, 5) is 13.3. The van der Waals surface area contributed by atoms with Gasteiger partial charge in [0.25, 0.3) is 0 Å². The van der Waals surface area contributed by atoms with Crippen molar-refractivity contribution in [2.45, 2.75) is 51.4 Å². The van der Waals surface area contributed by atoms with Crippen molar-refractivity contribution in [2.24, 2.45) is 5.73 Å². The van der Waals surface area contributed by atoms with E-state index in [-0.39, 0.29) is 6.61 Å². The number of primary amides is 1. The summed E-state index contributed by atoms with van der Waals surface area (Å²) in [5.41, 5.74) is 6.94. The van der Waals surface area contributed by atoms with Gasteiger partial charge < -0.3 is 24.8 Å². The number of amides is 1. The standard InChI is InChI=1S/C21H27N2O7P/c1-14-7-9-16(10-8-14)30-31(25)27-13-17(26-4)18-20(29-21(2,3)28-18)23-11-5-6-15(12-23)19(22)24/h5,7-12,17-18,20H,6,13H2,1-4H3,(H-,22,24)/p+1/t17?,18-,20-/m1/s1. The van der Waals surface area contributed by atoms with Gasteiger partial charge in [-0.1, -0.05) is 23.8 Å². The highest BCUT2D eigenvalue weighted by atomic mass is 31.1. The van der Waals surface area contributed by atoms with Crippen molar-refractivity contribution in [2.75, 3.05) is 13.7 Å². The predicted octanol–water partition coefficient (Wildman–Crippen LogP) is 3.13. The molecule has 0 aliphatic carbocycles. The Labute approximate surface area is 182 Å². The van der Waals surface area contributed by atoms with Gasteiger partial charge in [0.2, 0.25) is 5.91 Å². The maximum Gasteiger partial charge on any atom is 0.750 e. The van der Waals surface area contributed by atoms with Crippen LogP contribution < -0.4 is 10.3 Å². The molecule has 1 fully saturated rings. The van der Waals surface area contributed by atoms with Gasteiger partial charge in [0, 0.05) is 29.6 Å². The van der Waals surface area contributed by atoms with Crippen molar-refractivity contribution in [1.82, 2.24) is 4.90 Å². The largest absolute Gasteiger partial charge is 0.750 e. The minimum Gasteiger partial charge on any atom is -0.376 e. The van der Waals surface area contributed by atoms with Crippen LogP contribution in [-0.4, -0.2) is 48.7 Å². The lowest BCUT2D eigenvalue weighted by molar-refractivity contribution is -0.163. The van der Waals surface area contributed by atoms with E-state index in [0.29, 0.717) is 17.7 Å². The van der Waals surface area contributed by atoms with Crippen LogP contribution in [0.25, 0.3) is 0 Å². The maximum atomic E-state index is 12.3. The zero-order chi connectivity index (χ0) is 22.6. The number of nitrogens with zero attached hydrogens (tertiary/aromatic N) is 1. The fraction of sp³-hybridized carbons (Fsp3) is 0.476. The second-order valence-electron chi connectivity index (χ2n) is 7.74. The first kappa shape index (κ1) is 23.4. The van der Waals surface area contributed by atoms with E-state index in [1.807, 2.05) is 25.1 Å². The van der Waals surface area contributed by atoms with Crippen LogP contribution in [-0.2, 0) is 28.1 Å². The number of methoxy groups -OCH3 is 1. The molecule has 3 rings (SSSR count). The fourth-order valence-electron chi connectivity index (χ4n) is 3.30. The number of nitrogens with two attached hydrogens (primary N) is 1. The van der Waals surface area contributed by atoms with Crippen molar-refractivity contribution in [3.05, 3.63) is 53.9 Å². The number of carbonyl (C=O) groups is 1. The average molecular weight is 451 g/mol. The highest BCUT2D eigenvalue weighted by Crippen LogP contribution is 2.36. The Kier molecular flexibility index (Phi) is 7.46. The number of hydrogen-bond acceptors (Lipinski definition) is 8. The van der Waals surface area contributed by atoms with Crippen molar-refractivity contribution >= 4 is 14.2 Å². The molecular formula is C21H28N2O7P+.